The lowest BCUT2D eigenvalue weighted by molar-refractivity contribution is -0.128. The molecule has 2 aromatic heterocycles. The number of hydrogen-bond acceptors (Lipinski definition) is 5. The molecule has 6 nitrogen and oxygen atoms in total. The summed E-state index contributed by atoms with van der Waals surface area (Å²) in [7, 11) is 0. The van der Waals surface area contributed by atoms with Crippen LogP contribution < -0.4 is 0 Å². The second kappa shape index (κ2) is 6.02. The Kier molecular flexibility index (Phi) is 3.95. The van der Waals surface area contributed by atoms with Crippen molar-refractivity contribution in [2.24, 2.45) is 5.41 Å². The van der Waals surface area contributed by atoms with Crippen molar-refractivity contribution in [2.75, 3.05) is 19.6 Å². The normalized spacial score (nSPS) is 24.1. The molecule has 2 aromatic rings. The van der Waals surface area contributed by atoms with Gasteiger partial charge in [0.2, 0.25) is 5.91 Å². The van der Waals surface area contributed by atoms with Crippen molar-refractivity contribution in [1.29, 1.82) is 0 Å². The van der Waals surface area contributed by atoms with Crippen LogP contribution in [0.3, 0.4) is 0 Å². The van der Waals surface area contributed by atoms with Gasteiger partial charge in [-0.05, 0) is 45.9 Å². The van der Waals surface area contributed by atoms with Crippen molar-refractivity contribution in [3.63, 3.8) is 0 Å². The van der Waals surface area contributed by atoms with E-state index in [-0.39, 0.29) is 11.3 Å². The monoisotopic (exact) mass is 343 g/mol. The first-order valence-corrected chi connectivity index (χ1v) is 8.91. The Morgan fingerprint density at radius 2 is 2.04 bits per heavy atom. The summed E-state index contributed by atoms with van der Waals surface area (Å²) in [5.41, 5.74) is 2.01. The van der Waals surface area contributed by atoms with Gasteiger partial charge in [-0.25, -0.2) is 0 Å². The van der Waals surface area contributed by atoms with Gasteiger partial charge >= 0.3 is 0 Å². The minimum Gasteiger partial charge on any atom is -0.465 e. The lowest BCUT2D eigenvalue weighted by Gasteiger charge is -2.24. The van der Waals surface area contributed by atoms with Gasteiger partial charge in [-0.15, -0.1) is 0 Å². The lowest BCUT2D eigenvalue weighted by atomic mass is 9.86. The van der Waals surface area contributed by atoms with Crippen molar-refractivity contribution in [1.82, 2.24) is 15.0 Å². The maximum atomic E-state index is 12.6. The highest BCUT2D eigenvalue weighted by atomic mass is 16.5. The average molecular weight is 343 g/mol. The quantitative estimate of drug-likeness (QED) is 0.854. The van der Waals surface area contributed by atoms with Gasteiger partial charge in [0.15, 0.2) is 0 Å². The standard InChI is InChI=1S/C19H25N3O3/c1-13-4-5-16(24-13)9-21-7-6-19(11-21)8-18(23)22(12-19)10-17-14(2)20-25-15(17)3/h4-5H,6-12H2,1-3H3/t19-/m0/s1. The van der Waals surface area contributed by atoms with Gasteiger partial charge in [0.1, 0.15) is 17.3 Å². The Morgan fingerprint density at radius 1 is 1.20 bits per heavy atom. The number of aromatic nitrogens is 1. The van der Waals surface area contributed by atoms with Crippen molar-refractivity contribution in [2.45, 2.75) is 46.7 Å². The van der Waals surface area contributed by atoms with E-state index in [0.29, 0.717) is 13.0 Å². The largest absolute Gasteiger partial charge is 0.465 e. The summed E-state index contributed by atoms with van der Waals surface area (Å²) in [6.07, 6.45) is 1.71. The molecular formula is C19H25N3O3. The van der Waals surface area contributed by atoms with Gasteiger partial charge in [-0.3, -0.25) is 9.69 Å². The van der Waals surface area contributed by atoms with Crippen LogP contribution in [0.5, 0.6) is 0 Å². The van der Waals surface area contributed by atoms with E-state index in [9.17, 15) is 4.79 Å². The fraction of sp³-hybridized carbons (Fsp3) is 0.579. The molecule has 0 saturated carbocycles. The van der Waals surface area contributed by atoms with Crippen LogP contribution in [0.4, 0.5) is 0 Å². The summed E-state index contributed by atoms with van der Waals surface area (Å²) in [5.74, 6) is 3.01. The number of carbonyl (C=O) groups is 1. The molecule has 0 N–H and O–H groups in total. The molecule has 0 aromatic carbocycles. The predicted octanol–water partition coefficient (Wildman–Crippen LogP) is 2.82. The molecule has 1 spiro atoms. The molecule has 134 valence electrons. The van der Waals surface area contributed by atoms with Gasteiger partial charge in [-0.2, -0.15) is 0 Å². The molecule has 1 amide bonds. The van der Waals surface area contributed by atoms with Crippen LogP contribution in [0.2, 0.25) is 0 Å². The van der Waals surface area contributed by atoms with Crippen molar-refractivity contribution in [3.05, 3.63) is 40.7 Å². The number of nitrogens with zero attached hydrogens (tertiary/aromatic N) is 3. The first-order chi connectivity index (χ1) is 11.9. The molecule has 0 unspecified atom stereocenters. The first kappa shape index (κ1) is 16.4. The number of aryl methyl sites for hydroxylation is 3. The zero-order valence-corrected chi connectivity index (χ0v) is 15.2. The van der Waals surface area contributed by atoms with Gasteiger partial charge in [0.05, 0.1) is 18.8 Å². The number of rotatable bonds is 4. The van der Waals surface area contributed by atoms with Crippen molar-refractivity contribution < 1.29 is 13.7 Å². The third kappa shape index (κ3) is 3.11. The van der Waals surface area contributed by atoms with Crippen LogP contribution in [-0.2, 0) is 17.9 Å². The summed E-state index contributed by atoms with van der Waals surface area (Å²) in [5, 5.41) is 4.00. The Hall–Kier alpha value is -2.08. The molecule has 2 saturated heterocycles. The highest BCUT2D eigenvalue weighted by molar-refractivity contribution is 5.79. The fourth-order valence-electron chi connectivity index (χ4n) is 4.27. The van der Waals surface area contributed by atoms with E-state index >= 15 is 0 Å². The SMILES string of the molecule is Cc1ccc(CN2CC[C@]3(CC(=O)N(Cc4c(C)noc4C)C3)C2)o1. The van der Waals surface area contributed by atoms with Crippen LogP contribution in [0.15, 0.2) is 21.1 Å². The third-order valence-corrected chi connectivity index (χ3v) is 5.63. The Labute approximate surface area is 147 Å². The van der Waals surface area contributed by atoms with Crippen molar-refractivity contribution in [3.8, 4) is 0 Å². The zero-order valence-electron chi connectivity index (χ0n) is 15.2. The third-order valence-electron chi connectivity index (χ3n) is 5.63. The van der Waals surface area contributed by atoms with E-state index in [2.05, 4.69) is 10.1 Å². The maximum Gasteiger partial charge on any atom is 0.223 e. The fourth-order valence-corrected chi connectivity index (χ4v) is 4.27. The second-order valence-corrected chi connectivity index (χ2v) is 7.70. The zero-order chi connectivity index (χ0) is 17.6. The number of carbonyl (C=O) groups excluding carboxylic acids is 1. The maximum absolute atomic E-state index is 12.6. The van der Waals surface area contributed by atoms with E-state index in [1.54, 1.807) is 0 Å². The Bertz CT molecular complexity index is 774. The van der Waals surface area contributed by atoms with E-state index in [1.807, 2.05) is 37.8 Å². The molecule has 0 aliphatic carbocycles. The van der Waals surface area contributed by atoms with Gasteiger partial charge in [-0.1, -0.05) is 5.16 Å². The molecule has 25 heavy (non-hydrogen) atoms. The summed E-state index contributed by atoms with van der Waals surface area (Å²) in [6, 6.07) is 4.05. The minimum absolute atomic E-state index is 0.0810. The van der Waals surface area contributed by atoms with Gasteiger partial charge in [0.25, 0.3) is 0 Å². The topological polar surface area (TPSA) is 62.7 Å². The molecule has 2 aliphatic heterocycles. The molecule has 4 rings (SSSR count). The molecule has 4 heterocycles. The minimum atomic E-state index is 0.0810. The van der Waals surface area contributed by atoms with Gasteiger partial charge in [0, 0.05) is 30.5 Å². The molecule has 0 bridgehead atoms. The number of furan rings is 1. The van der Waals surface area contributed by atoms with Crippen LogP contribution in [0.25, 0.3) is 0 Å². The van der Waals surface area contributed by atoms with Crippen molar-refractivity contribution >= 4 is 5.91 Å². The number of amides is 1. The highest BCUT2D eigenvalue weighted by Gasteiger charge is 2.47. The smallest absolute Gasteiger partial charge is 0.223 e. The molecule has 6 heteroatoms. The molecule has 2 aliphatic rings. The summed E-state index contributed by atoms with van der Waals surface area (Å²) >= 11 is 0. The number of likely N-dealkylation sites (tertiary alicyclic amines) is 2. The number of hydrogen-bond donors (Lipinski definition) is 0. The summed E-state index contributed by atoms with van der Waals surface area (Å²) in [4.78, 5) is 17.0. The van der Waals surface area contributed by atoms with Gasteiger partial charge < -0.3 is 13.8 Å². The van der Waals surface area contributed by atoms with E-state index < -0.39 is 0 Å². The Morgan fingerprint density at radius 3 is 2.72 bits per heavy atom. The Balaban J connectivity index is 1.41. The van der Waals surface area contributed by atoms with E-state index in [4.69, 9.17) is 8.94 Å². The van der Waals surface area contributed by atoms with Crippen LogP contribution in [-0.4, -0.2) is 40.5 Å². The predicted molar refractivity (Wildman–Crippen MR) is 91.8 cm³/mol. The first-order valence-electron chi connectivity index (χ1n) is 8.91. The van der Waals surface area contributed by atoms with Crippen LogP contribution >= 0.6 is 0 Å². The van der Waals surface area contributed by atoms with E-state index in [0.717, 1.165) is 61.1 Å². The summed E-state index contributed by atoms with van der Waals surface area (Å²) in [6.45, 7) is 10.1. The summed E-state index contributed by atoms with van der Waals surface area (Å²) < 4.78 is 10.9. The second-order valence-electron chi connectivity index (χ2n) is 7.70. The van der Waals surface area contributed by atoms with Crippen LogP contribution in [0.1, 0.15) is 41.4 Å². The molecule has 1 atom stereocenters. The lowest BCUT2D eigenvalue weighted by Crippen LogP contribution is -2.31. The molecule has 2 fully saturated rings. The van der Waals surface area contributed by atoms with Crippen LogP contribution in [0, 0.1) is 26.2 Å². The molecule has 0 radical (unpaired) electrons. The molecular weight excluding hydrogens is 318 g/mol. The van der Waals surface area contributed by atoms with E-state index in [1.165, 1.54) is 0 Å². The average Bonchev–Trinajstić information content (AvgIpc) is 3.29. The highest BCUT2D eigenvalue weighted by Crippen LogP contribution is 2.41.